The fourth-order valence-corrected chi connectivity index (χ4v) is 3.63. The summed E-state index contributed by atoms with van der Waals surface area (Å²) in [7, 11) is 4.98. The highest BCUT2D eigenvalue weighted by Crippen LogP contribution is 2.44. The van der Waals surface area contributed by atoms with E-state index in [1.165, 1.54) is 17.0 Å². The van der Waals surface area contributed by atoms with Gasteiger partial charge in [-0.15, -0.1) is 0 Å². The number of hydrogen-bond donors (Lipinski definition) is 0. The lowest BCUT2D eigenvalue weighted by molar-refractivity contribution is -0.122. The standard InChI is InChI=1S/C19H18FN5O2/c1-23(2)18(26)16-15-12-8-7-11(20)10-13(12)24(3)17(15)19(27)25(22-16)14-6-4-5-9-21-14/h4-10,15,17H,1-3H3. The lowest BCUT2D eigenvalue weighted by atomic mass is 9.87. The molecule has 2 unspecified atom stereocenters. The first kappa shape index (κ1) is 17.1. The molecule has 2 aliphatic heterocycles. The van der Waals surface area contributed by atoms with E-state index in [9.17, 15) is 14.0 Å². The second kappa shape index (κ2) is 6.15. The number of pyridine rings is 1. The second-order valence-electron chi connectivity index (χ2n) is 6.76. The Labute approximate surface area is 155 Å². The largest absolute Gasteiger partial charge is 0.361 e. The highest BCUT2D eigenvalue weighted by atomic mass is 19.1. The van der Waals surface area contributed by atoms with E-state index in [0.29, 0.717) is 17.1 Å². The van der Waals surface area contributed by atoms with Gasteiger partial charge in [-0.1, -0.05) is 12.1 Å². The molecule has 8 heteroatoms. The predicted octanol–water partition coefficient (Wildman–Crippen LogP) is 1.61. The van der Waals surface area contributed by atoms with Gasteiger partial charge in [0.15, 0.2) is 5.82 Å². The predicted molar refractivity (Wildman–Crippen MR) is 99.2 cm³/mol. The van der Waals surface area contributed by atoms with Crippen LogP contribution in [-0.4, -0.2) is 54.6 Å². The summed E-state index contributed by atoms with van der Waals surface area (Å²) in [5.41, 5.74) is 1.53. The van der Waals surface area contributed by atoms with E-state index in [2.05, 4.69) is 10.1 Å². The number of nitrogens with zero attached hydrogens (tertiary/aromatic N) is 5. The highest BCUT2D eigenvalue weighted by Gasteiger charge is 2.51. The van der Waals surface area contributed by atoms with Gasteiger partial charge in [-0.3, -0.25) is 9.59 Å². The van der Waals surface area contributed by atoms with Crippen molar-refractivity contribution in [1.29, 1.82) is 0 Å². The number of hydrazone groups is 1. The molecule has 4 rings (SSSR count). The van der Waals surface area contributed by atoms with Crippen molar-refractivity contribution in [2.45, 2.75) is 12.0 Å². The van der Waals surface area contributed by atoms with Gasteiger partial charge in [0, 0.05) is 33.0 Å². The second-order valence-corrected chi connectivity index (χ2v) is 6.76. The monoisotopic (exact) mass is 367 g/mol. The molecule has 7 nitrogen and oxygen atoms in total. The third-order valence-electron chi connectivity index (χ3n) is 4.90. The molecule has 0 spiro atoms. The Morgan fingerprint density at radius 2 is 2.00 bits per heavy atom. The Kier molecular flexibility index (Phi) is 3.91. The third-order valence-corrected chi connectivity index (χ3v) is 4.90. The van der Waals surface area contributed by atoms with Gasteiger partial charge in [-0.05, 0) is 29.8 Å². The average Bonchev–Trinajstić information content (AvgIpc) is 2.95. The fraction of sp³-hybridized carbons (Fsp3) is 0.263. The van der Waals surface area contributed by atoms with Crippen LogP contribution in [0, 0.1) is 5.82 Å². The van der Waals surface area contributed by atoms with Crippen molar-refractivity contribution in [2.24, 2.45) is 5.10 Å². The third kappa shape index (κ3) is 2.56. The molecule has 2 atom stereocenters. The first-order chi connectivity index (χ1) is 12.9. The molecule has 0 saturated heterocycles. The lowest BCUT2D eigenvalue weighted by Gasteiger charge is -2.34. The van der Waals surface area contributed by atoms with Crippen LogP contribution in [0.3, 0.4) is 0 Å². The van der Waals surface area contributed by atoms with Gasteiger partial charge in [-0.25, -0.2) is 9.37 Å². The van der Waals surface area contributed by atoms with Crippen molar-refractivity contribution in [3.05, 3.63) is 54.0 Å². The van der Waals surface area contributed by atoms with Crippen molar-refractivity contribution in [3.63, 3.8) is 0 Å². The van der Waals surface area contributed by atoms with E-state index in [1.54, 1.807) is 56.5 Å². The molecular formula is C19H18FN5O2. The Bertz CT molecular complexity index is 960. The number of carbonyl (C=O) groups is 2. The average molecular weight is 367 g/mol. The normalized spacial score (nSPS) is 20.9. The van der Waals surface area contributed by atoms with Crippen LogP contribution in [-0.2, 0) is 9.59 Å². The van der Waals surface area contributed by atoms with E-state index in [0.717, 1.165) is 5.01 Å². The maximum Gasteiger partial charge on any atom is 0.272 e. The summed E-state index contributed by atoms with van der Waals surface area (Å²) in [6.45, 7) is 0. The molecule has 2 amide bonds. The van der Waals surface area contributed by atoms with Crippen LogP contribution in [0.15, 0.2) is 47.7 Å². The molecule has 27 heavy (non-hydrogen) atoms. The number of benzene rings is 1. The van der Waals surface area contributed by atoms with Gasteiger partial charge >= 0.3 is 0 Å². The molecule has 0 aliphatic carbocycles. The van der Waals surface area contributed by atoms with Crippen LogP contribution in [0.5, 0.6) is 0 Å². The minimum atomic E-state index is -0.694. The maximum absolute atomic E-state index is 13.8. The SMILES string of the molecule is CN(C)C(=O)C1=NN(c2ccccn2)C(=O)C2C1c1ccc(F)cc1N2C. The molecule has 1 aromatic heterocycles. The first-order valence-electron chi connectivity index (χ1n) is 8.47. The number of likely N-dealkylation sites (N-methyl/N-ethyl adjacent to an activating group) is 1. The number of rotatable bonds is 2. The minimum Gasteiger partial charge on any atom is -0.361 e. The molecular weight excluding hydrogens is 349 g/mol. The Balaban J connectivity index is 1.90. The number of fused-ring (bicyclic) bond motifs is 3. The van der Waals surface area contributed by atoms with Gasteiger partial charge in [0.2, 0.25) is 0 Å². The summed E-state index contributed by atoms with van der Waals surface area (Å²) >= 11 is 0. The Morgan fingerprint density at radius 3 is 2.67 bits per heavy atom. The fourth-order valence-electron chi connectivity index (χ4n) is 3.63. The van der Waals surface area contributed by atoms with Crippen LogP contribution in [0.2, 0.25) is 0 Å². The van der Waals surface area contributed by atoms with Gasteiger partial charge in [-0.2, -0.15) is 10.1 Å². The van der Waals surface area contributed by atoms with Gasteiger partial charge in [0.1, 0.15) is 17.6 Å². The number of carbonyl (C=O) groups excluding carboxylic acids is 2. The number of aromatic nitrogens is 1. The van der Waals surface area contributed by atoms with Crippen LogP contribution < -0.4 is 9.91 Å². The van der Waals surface area contributed by atoms with E-state index in [-0.39, 0.29) is 17.5 Å². The Hall–Kier alpha value is -3.29. The quantitative estimate of drug-likeness (QED) is 0.809. The van der Waals surface area contributed by atoms with Crippen molar-refractivity contribution in [3.8, 4) is 0 Å². The van der Waals surface area contributed by atoms with Crippen LogP contribution in [0.1, 0.15) is 11.5 Å². The van der Waals surface area contributed by atoms with Gasteiger partial charge in [0.25, 0.3) is 11.8 Å². The van der Waals surface area contributed by atoms with E-state index in [4.69, 9.17) is 0 Å². The molecule has 0 N–H and O–H groups in total. The maximum atomic E-state index is 13.8. The minimum absolute atomic E-state index is 0.229. The Morgan fingerprint density at radius 1 is 1.22 bits per heavy atom. The topological polar surface area (TPSA) is 69.1 Å². The number of amides is 2. The van der Waals surface area contributed by atoms with Crippen LogP contribution in [0.4, 0.5) is 15.9 Å². The molecule has 0 radical (unpaired) electrons. The van der Waals surface area contributed by atoms with E-state index >= 15 is 0 Å². The molecule has 0 bridgehead atoms. The van der Waals surface area contributed by atoms with E-state index < -0.39 is 17.8 Å². The molecule has 2 aliphatic rings. The summed E-state index contributed by atoms with van der Waals surface area (Å²) in [4.78, 5) is 33.4. The number of anilines is 2. The summed E-state index contributed by atoms with van der Waals surface area (Å²) in [6, 6.07) is 8.77. The van der Waals surface area contributed by atoms with Crippen LogP contribution >= 0.6 is 0 Å². The summed E-state index contributed by atoms with van der Waals surface area (Å²) < 4.78 is 13.8. The van der Waals surface area contributed by atoms with Crippen molar-refractivity contribution < 1.29 is 14.0 Å². The van der Waals surface area contributed by atoms with Crippen LogP contribution in [0.25, 0.3) is 0 Å². The van der Waals surface area contributed by atoms with Gasteiger partial charge in [0.05, 0.1) is 5.92 Å². The molecule has 3 heterocycles. The summed E-state index contributed by atoms with van der Waals surface area (Å²) in [5.74, 6) is -1.24. The lowest BCUT2D eigenvalue weighted by Crippen LogP contribution is -2.54. The number of hydrogen-bond acceptors (Lipinski definition) is 5. The zero-order valence-electron chi connectivity index (χ0n) is 15.1. The van der Waals surface area contributed by atoms with Gasteiger partial charge < -0.3 is 9.80 Å². The summed E-state index contributed by atoms with van der Waals surface area (Å²) in [5, 5.41) is 5.54. The molecule has 0 saturated carbocycles. The molecule has 2 aromatic rings. The summed E-state index contributed by atoms with van der Waals surface area (Å²) in [6.07, 6.45) is 1.56. The zero-order chi connectivity index (χ0) is 19.3. The number of halogens is 1. The first-order valence-corrected chi connectivity index (χ1v) is 8.47. The van der Waals surface area contributed by atoms with Crippen molar-refractivity contribution >= 4 is 29.0 Å². The van der Waals surface area contributed by atoms with E-state index in [1.807, 2.05) is 0 Å². The molecule has 138 valence electrons. The molecule has 1 aromatic carbocycles. The highest BCUT2D eigenvalue weighted by molar-refractivity contribution is 6.43. The van der Waals surface area contributed by atoms with Crippen molar-refractivity contribution in [2.75, 3.05) is 31.1 Å². The molecule has 0 fully saturated rings. The smallest absolute Gasteiger partial charge is 0.272 e. The van der Waals surface area contributed by atoms with Crippen molar-refractivity contribution in [1.82, 2.24) is 9.88 Å². The zero-order valence-corrected chi connectivity index (χ0v) is 15.1.